The van der Waals surface area contributed by atoms with E-state index in [0.717, 1.165) is 4.88 Å². The van der Waals surface area contributed by atoms with Crippen molar-refractivity contribution in [3.8, 4) is 0 Å². The first-order valence-corrected chi connectivity index (χ1v) is 15.7. The van der Waals surface area contributed by atoms with Gasteiger partial charge in [0, 0.05) is 55.3 Å². The number of hydrogen-bond donors (Lipinski definition) is 1. The van der Waals surface area contributed by atoms with Crippen LogP contribution in [0.25, 0.3) is 0 Å². The highest BCUT2D eigenvalue weighted by atomic mass is 32.2. The summed E-state index contributed by atoms with van der Waals surface area (Å²) in [4.78, 5) is 39.2. The number of carbonyl (C=O) groups is 2. The summed E-state index contributed by atoms with van der Waals surface area (Å²) in [5, 5.41) is 6.84. The van der Waals surface area contributed by atoms with Gasteiger partial charge < -0.3 is 14.5 Å². The first kappa shape index (κ1) is 29.5. The summed E-state index contributed by atoms with van der Waals surface area (Å²) in [5.74, 6) is -1.73. The van der Waals surface area contributed by atoms with Crippen LogP contribution < -0.4 is 5.32 Å². The number of aromatic nitrogens is 1. The normalized spacial score (nSPS) is 22.2. The number of benzene rings is 1. The molecular formula is C26H31F2N5O6S2. The number of sulfone groups is 1. The van der Waals surface area contributed by atoms with Crippen molar-refractivity contribution in [2.75, 3.05) is 38.2 Å². The molecule has 3 aliphatic rings. The van der Waals surface area contributed by atoms with Crippen LogP contribution in [0.4, 0.5) is 13.9 Å². The maximum atomic E-state index is 13.3. The molecule has 1 N–H and O–H groups in total. The molecule has 0 spiro atoms. The second-order valence-corrected chi connectivity index (χ2v) is 13.6. The summed E-state index contributed by atoms with van der Waals surface area (Å²) in [6.45, 7) is 4.19. The minimum absolute atomic E-state index is 0.0299. The van der Waals surface area contributed by atoms with E-state index in [0.29, 0.717) is 62.8 Å². The average molecular weight is 612 g/mol. The van der Waals surface area contributed by atoms with Crippen LogP contribution in [0.15, 0.2) is 40.5 Å². The van der Waals surface area contributed by atoms with Crippen LogP contribution in [0.1, 0.15) is 36.6 Å². The molecule has 2 atom stereocenters. The zero-order valence-corrected chi connectivity index (χ0v) is 24.0. The van der Waals surface area contributed by atoms with Crippen molar-refractivity contribution in [1.29, 1.82) is 0 Å². The zero-order valence-electron chi connectivity index (χ0n) is 22.4. The van der Waals surface area contributed by atoms with Crippen molar-refractivity contribution in [1.82, 2.24) is 14.8 Å². The largest absolute Gasteiger partial charge is 0.389 e. The van der Waals surface area contributed by atoms with E-state index in [-0.39, 0.29) is 34.5 Å². The molecule has 1 aromatic heterocycles. The number of nitrogens with one attached hydrogen (secondary N) is 1. The molecule has 2 aliphatic heterocycles. The minimum atomic E-state index is -3.38. The summed E-state index contributed by atoms with van der Waals surface area (Å²) in [5.41, 5.74) is 0.357. The van der Waals surface area contributed by atoms with Crippen LogP contribution >= 0.6 is 11.3 Å². The molecule has 0 bridgehead atoms. The van der Waals surface area contributed by atoms with Crippen LogP contribution in [0.2, 0.25) is 0 Å². The molecule has 2 aromatic rings. The molecule has 2 saturated heterocycles. The van der Waals surface area contributed by atoms with E-state index < -0.39 is 28.1 Å². The molecule has 11 nitrogen and oxygen atoms in total. The van der Waals surface area contributed by atoms with Crippen LogP contribution in [0, 0.1) is 0 Å². The lowest BCUT2D eigenvalue weighted by Gasteiger charge is -2.39. The van der Waals surface area contributed by atoms with Crippen molar-refractivity contribution < 1.29 is 36.4 Å². The predicted octanol–water partition coefficient (Wildman–Crippen LogP) is 2.53. The third-order valence-corrected chi connectivity index (χ3v) is 10.3. The van der Waals surface area contributed by atoms with E-state index in [2.05, 4.69) is 15.5 Å². The van der Waals surface area contributed by atoms with E-state index >= 15 is 0 Å². The average Bonchev–Trinajstić information content (AvgIpc) is 3.53. The third kappa shape index (κ3) is 7.08. The predicted molar refractivity (Wildman–Crippen MR) is 147 cm³/mol. The Morgan fingerprint density at radius 2 is 1.98 bits per heavy atom. The topological polar surface area (TPSA) is 130 Å². The van der Waals surface area contributed by atoms with Gasteiger partial charge in [0.05, 0.1) is 23.4 Å². The van der Waals surface area contributed by atoms with Gasteiger partial charge in [-0.2, -0.15) is 8.78 Å². The van der Waals surface area contributed by atoms with E-state index in [4.69, 9.17) is 9.57 Å². The molecule has 41 heavy (non-hydrogen) atoms. The molecule has 5 rings (SSSR count). The molecule has 0 radical (unpaired) electrons. The number of halogens is 2. The molecule has 2 amide bonds. The fourth-order valence-electron chi connectivity index (χ4n) is 4.77. The fraction of sp³-hybridized carbons (Fsp3) is 0.538. The second kappa shape index (κ2) is 12.5. The van der Waals surface area contributed by atoms with E-state index in [1.165, 1.54) is 40.5 Å². The highest BCUT2D eigenvalue weighted by Gasteiger charge is 2.37. The van der Waals surface area contributed by atoms with Crippen molar-refractivity contribution in [3.05, 3.63) is 40.9 Å². The van der Waals surface area contributed by atoms with Crippen LogP contribution in [-0.2, 0) is 35.5 Å². The van der Waals surface area contributed by atoms with Gasteiger partial charge in [0.25, 0.3) is 11.8 Å². The van der Waals surface area contributed by atoms with E-state index in [9.17, 15) is 26.8 Å². The molecular weight excluding hydrogens is 580 g/mol. The lowest BCUT2D eigenvalue weighted by atomic mass is 10.1. The lowest BCUT2D eigenvalue weighted by Crippen LogP contribution is -2.54. The Hall–Kier alpha value is -3.01. The van der Waals surface area contributed by atoms with Gasteiger partial charge in [-0.05, 0) is 31.9 Å². The maximum absolute atomic E-state index is 13.3. The number of hydrogen-bond acceptors (Lipinski definition) is 10. The molecule has 15 heteroatoms. The molecule has 1 aliphatic carbocycles. The monoisotopic (exact) mass is 611 g/mol. The molecule has 3 fully saturated rings. The summed E-state index contributed by atoms with van der Waals surface area (Å²) in [6, 6.07) is 5.67. The fourth-order valence-corrected chi connectivity index (χ4v) is 7.27. The molecule has 1 aromatic carbocycles. The Labute approximate surface area is 240 Å². The van der Waals surface area contributed by atoms with Gasteiger partial charge in [0.1, 0.15) is 0 Å². The van der Waals surface area contributed by atoms with Crippen LogP contribution in [0.3, 0.4) is 0 Å². The number of alkyl halides is 2. The highest BCUT2D eigenvalue weighted by molar-refractivity contribution is 7.92. The number of thiazole rings is 1. The summed E-state index contributed by atoms with van der Waals surface area (Å²) in [6.07, 6.45) is 0.256. The number of carbonyl (C=O) groups excluding carboxylic acids is 2. The van der Waals surface area contributed by atoms with E-state index in [1.807, 2.05) is 4.90 Å². The molecule has 222 valence electrons. The number of piperazine rings is 1. The van der Waals surface area contributed by atoms with Gasteiger partial charge in [-0.15, -0.1) is 11.3 Å². The van der Waals surface area contributed by atoms with Gasteiger partial charge >= 0.3 is 6.43 Å². The third-order valence-electron chi connectivity index (χ3n) is 7.15. The summed E-state index contributed by atoms with van der Waals surface area (Å²) >= 11 is 1.26. The highest BCUT2D eigenvalue weighted by Crippen LogP contribution is 2.33. The van der Waals surface area contributed by atoms with Gasteiger partial charge in [-0.25, -0.2) is 13.4 Å². The Bertz CT molecular complexity index is 1390. The number of rotatable bonds is 10. The number of anilines is 1. The molecule has 3 heterocycles. The van der Waals surface area contributed by atoms with Crippen molar-refractivity contribution >= 4 is 43.8 Å². The maximum Gasteiger partial charge on any atom is 0.315 e. The number of ether oxygens (including phenoxy) is 1. The Morgan fingerprint density at radius 1 is 1.22 bits per heavy atom. The Morgan fingerprint density at radius 3 is 2.61 bits per heavy atom. The van der Waals surface area contributed by atoms with Crippen LogP contribution in [-0.4, -0.2) is 97.4 Å². The van der Waals surface area contributed by atoms with Crippen molar-refractivity contribution in [2.45, 2.75) is 61.4 Å². The van der Waals surface area contributed by atoms with Gasteiger partial charge in [-0.1, -0.05) is 17.3 Å². The van der Waals surface area contributed by atoms with Crippen LogP contribution in [0.5, 0.6) is 0 Å². The molecule has 0 unspecified atom stereocenters. The molecule has 1 saturated carbocycles. The number of amides is 2. The van der Waals surface area contributed by atoms with Crippen molar-refractivity contribution in [3.63, 3.8) is 0 Å². The smallest absolute Gasteiger partial charge is 0.315 e. The van der Waals surface area contributed by atoms with Gasteiger partial charge in [0.2, 0.25) is 0 Å². The Kier molecular flexibility index (Phi) is 8.97. The second-order valence-electron chi connectivity index (χ2n) is 10.3. The minimum Gasteiger partial charge on any atom is -0.389 e. The number of nitrogens with zero attached hydrogens (tertiary/aromatic N) is 4. The zero-order chi connectivity index (χ0) is 29.1. The first-order chi connectivity index (χ1) is 19.6. The standard InChI is InChI=1S/C26H31F2N5O6S2/c1-16-13-32(9-10-33(16)25(35)23(27)28)14-19-12-29-26(40-19)30-24(34)22(31-39-18-8-11-38-15-18)17-2-4-20(5-3-17)41(36,37)21-6-7-21/h2-5,12,16,18,21,23H,6-11,13-15H2,1H3,(H,29,30,34)/b31-22+/t16-,18+/m0/s1. The Balaban J connectivity index is 1.25. The first-order valence-electron chi connectivity index (χ1n) is 13.3. The number of oxime groups is 1. The van der Waals surface area contributed by atoms with Gasteiger partial charge in [-0.3, -0.25) is 19.8 Å². The van der Waals surface area contributed by atoms with E-state index in [1.54, 1.807) is 13.1 Å². The lowest BCUT2D eigenvalue weighted by molar-refractivity contribution is -0.147. The van der Waals surface area contributed by atoms with Gasteiger partial charge in [0.15, 0.2) is 26.8 Å². The summed E-state index contributed by atoms with van der Waals surface area (Å²) < 4.78 is 56.1. The quantitative estimate of drug-likeness (QED) is 0.321. The summed E-state index contributed by atoms with van der Waals surface area (Å²) in [7, 11) is -3.38. The van der Waals surface area contributed by atoms with Crippen molar-refractivity contribution in [2.24, 2.45) is 5.16 Å². The SMILES string of the molecule is C[C@H]1CN(Cc2cnc(NC(=O)/C(=N/O[C@@H]3CCOC3)c3ccc(S(=O)(=O)C4CC4)cc3)s2)CCN1C(=O)C(F)F.